The van der Waals surface area contributed by atoms with Gasteiger partial charge in [0.15, 0.2) is 0 Å². The molecule has 0 amide bonds. The van der Waals surface area contributed by atoms with Crippen LogP contribution in [0.3, 0.4) is 0 Å². The summed E-state index contributed by atoms with van der Waals surface area (Å²) in [7, 11) is 2.04. The number of hydrogen-bond acceptors (Lipinski definition) is 4. The number of rotatable bonds is 4. The third kappa shape index (κ3) is 2.62. The topological polar surface area (TPSA) is 28.2 Å². The Kier molecular flexibility index (Phi) is 3.95. The van der Waals surface area contributed by atoms with Gasteiger partial charge in [-0.15, -0.1) is 11.3 Å². The van der Waals surface area contributed by atoms with Crippen molar-refractivity contribution in [2.75, 3.05) is 26.7 Å². The van der Waals surface area contributed by atoms with E-state index >= 15 is 0 Å². The van der Waals surface area contributed by atoms with Crippen LogP contribution in [-0.4, -0.2) is 36.6 Å². The van der Waals surface area contributed by atoms with Gasteiger partial charge < -0.3 is 5.32 Å². The molecule has 0 aromatic carbocycles. The molecule has 3 nitrogen and oxygen atoms in total. The lowest BCUT2D eigenvalue weighted by Gasteiger charge is -2.22. The normalized spacial score (nSPS) is 23.8. The first-order valence-electron chi connectivity index (χ1n) is 6.01. The SMILES string of the molecule is CNCC1CCN(C(C)c2csc(C)n2)C1. The van der Waals surface area contributed by atoms with Gasteiger partial charge in [0.1, 0.15) is 0 Å². The molecule has 2 unspecified atom stereocenters. The van der Waals surface area contributed by atoms with Crippen molar-refractivity contribution in [2.45, 2.75) is 26.3 Å². The van der Waals surface area contributed by atoms with Crippen LogP contribution in [0, 0.1) is 12.8 Å². The molecular formula is C12H21N3S. The molecule has 1 saturated heterocycles. The van der Waals surface area contributed by atoms with Crippen molar-refractivity contribution in [1.82, 2.24) is 15.2 Å². The van der Waals surface area contributed by atoms with Crippen molar-refractivity contribution in [3.63, 3.8) is 0 Å². The molecule has 0 bridgehead atoms. The molecule has 1 aromatic heterocycles. The fourth-order valence-corrected chi connectivity index (χ4v) is 3.13. The number of thiazole rings is 1. The molecule has 2 rings (SSSR count). The van der Waals surface area contributed by atoms with E-state index in [1.54, 1.807) is 11.3 Å². The van der Waals surface area contributed by atoms with E-state index in [1.165, 1.54) is 30.2 Å². The predicted octanol–water partition coefficient (Wildman–Crippen LogP) is 2.05. The lowest BCUT2D eigenvalue weighted by Crippen LogP contribution is -2.27. The van der Waals surface area contributed by atoms with Crippen LogP contribution in [0.2, 0.25) is 0 Å². The minimum Gasteiger partial charge on any atom is -0.319 e. The highest BCUT2D eigenvalue weighted by Gasteiger charge is 2.27. The average molecular weight is 239 g/mol. The Bertz CT molecular complexity index is 337. The van der Waals surface area contributed by atoms with Gasteiger partial charge in [0.25, 0.3) is 0 Å². The van der Waals surface area contributed by atoms with Crippen LogP contribution >= 0.6 is 11.3 Å². The molecule has 0 aliphatic carbocycles. The minimum atomic E-state index is 0.479. The summed E-state index contributed by atoms with van der Waals surface area (Å²) in [6.45, 7) is 7.91. The molecule has 1 fully saturated rings. The minimum absolute atomic E-state index is 0.479. The summed E-state index contributed by atoms with van der Waals surface area (Å²) in [4.78, 5) is 7.14. The summed E-state index contributed by atoms with van der Waals surface area (Å²) in [5.74, 6) is 0.812. The maximum absolute atomic E-state index is 4.59. The number of nitrogens with one attached hydrogen (secondary N) is 1. The molecule has 1 aliphatic rings. The highest BCUT2D eigenvalue weighted by molar-refractivity contribution is 7.09. The van der Waals surface area contributed by atoms with Crippen molar-refractivity contribution in [3.8, 4) is 0 Å². The van der Waals surface area contributed by atoms with E-state index in [1.807, 2.05) is 7.05 Å². The van der Waals surface area contributed by atoms with Crippen molar-refractivity contribution >= 4 is 11.3 Å². The summed E-state index contributed by atoms with van der Waals surface area (Å²) in [5.41, 5.74) is 1.24. The van der Waals surface area contributed by atoms with Crippen LogP contribution in [0.1, 0.15) is 30.1 Å². The summed E-state index contributed by atoms with van der Waals surface area (Å²) < 4.78 is 0. The Morgan fingerprint density at radius 2 is 2.50 bits per heavy atom. The molecule has 90 valence electrons. The van der Waals surface area contributed by atoms with Gasteiger partial charge in [0, 0.05) is 11.9 Å². The summed E-state index contributed by atoms with van der Waals surface area (Å²) in [5, 5.41) is 6.65. The van der Waals surface area contributed by atoms with Crippen LogP contribution in [0.15, 0.2) is 5.38 Å². The molecule has 4 heteroatoms. The molecule has 2 atom stereocenters. The zero-order valence-electron chi connectivity index (χ0n) is 10.4. The van der Waals surface area contributed by atoms with E-state index in [0.717, 1.165) is 12.5 Å². The Labute approximate surface area is 102 Å². The third-order valence-corrected chi connectivity index (χ3v) is 4.21. The summed E-state index contributed by atoms with van der Waals surface area (Å²) in [6, 6.07) is 0.479. The predicted molar refractivity (Wildman–Crippen MR) is 68.9 cm³/mol. The number of aromatic nitrogens is 1. The lowest BCUT2D eigenvalue weighted by atomic mass is 10.1. The Balaban J connectivity index is 1.94. The first kappa shape index (κ1) is 12.0. The maximum Gasteiger partial charge on any atom is 0.0898 e. The van der Waals surface area contributed by atoms with Gasteiger partial charge in [-0.2, -0.15) is 0 Å². The fraction of sp³-hybridized carbons (Fsp3) is 0.750. The van der Waals surface area contributed by atoms with Crippen molar-refractivity contribution in [1.29, 1.82) is 0 Å². The highest BCUT2D eigenvalue weighted by atomic mass is 32.1. The molecule has 16 heavy (non-hydrogen) atoms. The van der Waals surface area contributed by atoms with Gasteiger partial charge in [0.05, 0.1) is 16.7 Å². The maximum atomic E-state index is 4.59. The largest absolute Gasteiger partial charge is 0.319 e. The van der Waals surface area contributed by atoms with E-state index < -0.39 is 0 Å². The van der Waals surface area contributed by atoms with E-state index in [0.29, 0.717) is 6.04 Å². The first-order chi connectivity index (χ1) is 7.70. The molecule has 1 aromatic rings. The molecule has 0 saturated carbocycles. The van der Waals surface area contributed by atoms with Crippen molar-refractivity contribution < 1.29 is 0 Å². The zero-order chi connectivity index (χ0) is 11.5. The van der Waals surface area contributed by atoms with Gasteiger partial charge in [-0.25, -0.2) is 4.98 Å². The Morgan fingerprint density at radius 1 is 1.69 bits per heavy atom. The van der Waals surface area contributed by atoms with E-state index in [-0.39, 0.29) is 0 Å². The van der Waals surface area contributed by atoms with Crippen LogP contribution in [-0.2, 0) is 0 Å². The Morgan fingerprint density at radius 3 is 3.12 bits per heavy atom. The summed E-state index contributed by atoms with van der Waals surface area (Å²) >= 11 is 1.75. The molecular weight excluding hydrogens is 218 g/mol. The summed E-state index contributed by atoms with van der Waals surface area (Å²) in [6.07, 6.45) is 1.31. The second kappa shape index (κ2) is 5.25. The highest BCUT2D eigenvalue weighted by Crippen LogP contribution is 2.27. The lowest BCUT2D eigenvalue weighted by molar-refractivity contribution is 0.248. The molecule has 1 N–H and O–H groups in total. The standard InChI is InChI=1S/C12H21N3S/c1-9(12-8-16-10(2)14-12)15-5-4-11(7-15)6-13-3/h8-9,11,13H,4-7H2,1-3H3. The Hall–Kier alpha value is -0.450. The molecule has 0 radical (unpaired) electrons. The monoisotopic (exact) mass is 239 g/mol. The second-order valence-corrected chi connectivity index (χ2v) is 5.74. The number of hydrogen-bond donors (Lipinski definition) is 1. The fourth-order valence-electron chi connectivity index (χ4n) is 2.43. The molecule has 2 heterocycles. The van der Waals surface area contributed by atoms with Crippen molar-refractivity contribution in [2.24, 2.45) is 5.92 Å². The van der Waals surface area contributed by atoms with Gasteiger partial charge in [-0.05, 0) is 46.3 Å². The van der Waals surface area contributed by atoms with Crippen LogP contribution in [0.25, 0.3) is 0 Å². The third-order valence-electron chi connectivity index (χ3n) is 3.42. The number of likely N-dealkylation sites (tertiary alicyclic amines) is 1. The van der Waals surface area contributed by atoms with Gasteiger partial charge in [-0.1, -0.05) is 0 Å². The van der Waals surface area contributed by atoms with Crippen molar-refractivity contribution in [3.05, 3.63) is 16.1 Å². The zero-order valence-corrected chi connectivity index (χ0v) is 11.2. The van der Waals surface area contributed by atoms with Crippen LogP contribution in [0.5, 0.6) is 0 Å². The van der Waals surface area contributed by atoms with E-state index in [4.69, 9.17) is 0 Å². The number of aryl methyl sites for hydroxylation is 1. The smallest absolute Gasteiger partial charge is 0.0898 e. The second-order valence-electron chi connectivity index (χ2n) is 4.67. The van der Waals surface area contributed by atoms with E-state index in [9.17, 15) is 0 Å². The van der Waals surface area contributed by atoms with Gasteiger partial charge >= 0.3 is 0 Å². The first-order valence-corrected chi connectivity index (χ1v) is 6.89. The van der Waals surface area contributed by atoms with Gasteiger partial charge in [0.2, 0.25) is 0 Å². The average Bonchev–Trinajstić information content (AvgIpc) is 2.87. The quantitative estimate of drug-likeness (QED) is 0.871. The van der Waals surface area contributed by atoms with Crippen LogP contribution in [0.4, 0.5) is 0 Å². The van der Waals surface area contributed by atoms with E-state index in [2.05, 4.69) is 34.4 Å². The number of nitrogens with zero attached hydrogens (tertiary/aromatic N) is 2. The van der Waals surface area contributed by atoms with Gasteiger partial charge in [-0.3, -0.25) is 4.90 Å². The van der Waals surface area contributed by atoms with Crippen LogP contribution < -0.4 is 5.32 Å². The molecule has 1 aliphatic heterocycles. The molecule has 0 spiro atoms.